The van der Waals surface area contributed by atoms with Gasteiger partial charge in [0.15, 0.2) is 6.10 Å². The van der Waals surface area contributed by atoms with Gasteiger partial charge in [-0.2, -0.15) is 0 Å². The Balaban J connectivity index is 1.81. The Kier molecular flexibility index (Phi) is 12.2. The largest absolute Gasteiger partial charge is 0.450 e. The molecule has 1 aliphatic rings. The average molecular weight is 439 g/mol. The third-order valence-electron chi connectivity index (χ3n) is 6.93. The van der Waals surface area contributed by atoms with Crippen LogP contribution in [0.1, 0.15) is 126 Å². The Morgan fingerprint density at radius 1 is 0.938 bits per heavy atom. The molecular formula is C29H42O3. The maximum absolute atomic E-state index is 12.6. The van der Waals surface area contributed by atoms with Gasteiger partial charge in [0, 0.05) is 0 Å². The fourth-order valence-corrected chi connectivity index (χ4v) is 4.83. The summed E-state index contributed by atoms with van der Waals surface area (Å²) in [6.45, 7) is 4.36. The number of hydrogen-bond acceptors (Lipinski definition) is 3. The summed E-state index contributed by atoms with van der Waals surface area (Å²) in [4.78, 5) is 24.5. The van der Waals surface area contributed by atoms with Crippen molar-refractivity contribution in [2.45, 2.75) is 116 Å². The van der Waals surface area contributed by atoms with Crippen LogP contribution >= 0.6 is 0 Å². The number of hydrogen-bond donors (Lipinski definition) is 0. The number of terminal acetylenes is 1. The summed E-state index contributed by atoms with van der Waals surface area (Å²) in [5.74, 6) is 2.67. The van der Waals surface area contributed by atoms with Crippen LogP contribution in [0, 0.1) is 18.3 Å². The molecule has 32 heavy (non-hydrogen) atoms. The van der Waals surface area contributed by atoms with Gasteiger partial charge in [-0.1, -0.05) is 77.3 Å². The molecule has 1 fully saturated rings. The lowest BCUT2D eigenvalue weighted by Crippen LogP contribution is -2.26. The Bertz CT molecular complexity index is 720. The van der Waals surface area contributed by atoms with Crippen molar-refractivity contribution >= 4 is 11.8 Å². The molecule has 0 spiro atoms. The molecule has 0 saturated heterocycles. The van der Waals surface area contributed by atoms with Crippen molar-refractivity contribution in [3.63, 3.8) is 0 Å². The monoisotopic (exact) mass is 438 g/mol. The quantitative estimate of drug-likeness (QED) is 0.130. The predicted octanol–water partition coefficient (Wildman–Crippen LogP) is 7.63. The molecule has 0 radical (unpaired) electrons. The molecule has 1 atom stereocenters. The SMILES string of the molecule is C#CC(=O)C(CCCCC)OC(=O)c1ccc(C2CCC(CCCCCCC)CC2)cc1. The van der Waals surface area contributed by atoms with Crippen molar-refractivity contribution in [3.8, 4) is 12.3 Å². The summed E-state index contributed by atoms with van der Waals surface area (Å²) in [5.41, 5.74) is 1.79. The van der Waals surface area contributed by atoms with Crippen molar-refractivity contribution in [2.24, 2.45) is 5.92 Å². The fourth-order valence-electron chi connectivity index (χ4n) is 4.83. The van der Waals surface area contributed by atoms with E-state index in [1.165, 1.54) is 69.8 Å². The zero-order valence-electron chi connectivity index (χ0n) is 20.2. The molecule has 1 saturated carbocycles. The van der Waals surface area contributed by atoms with Gasteiger partial charge in [0.1, 0.15) is 0 Å². The zero-order chi connectivity index (χ0) is 23.2. The second-order valence-electron chi connectivity index (χ2n) is 9.44. The van der Waals surface area contributed by atoms with Crippen molar-refractivity contribution in [2.75, 3.05) is 0 Å². The summed E-state index contributed by atoms with van der Waals surface area (Å²) in [6.07, 6.45) is 21.1. The topological polar surface area (TPSA) is 43.4 Å². The van der Waals surface area contributed by atoms with Gasteiger partial charge >= 0.3 is 5.97 Å². The highest BCUT2D eigenvalue weighted by molar-refractivity contribution is 6.00. The zero-order valence-corrected chi connectivity index (χ0v) is 20.2. The van der Waals surface area contributed by atoms with E-state index in [0.29, 0.717) is 17.9 Å². The molecule has 3 nitrogen and oxygen atoms in total. The molecule has 0 aromatic heterocycles. The second-order valence-corrected chi connectivity index (χ2v) is 9.44. The lowest BCUT2D eigenvalue weighted by Gasteiger charge is -2.29. The minimum atomic E-state index is -0.837. The molecule has 0 aliphatic heterocycles. The second kappa shape index (κ2) is 14.9. The molecule has 2 rings (SSSR count). The molecule has 3 heteroatoms. The van der Waals surface area contributed by atoms with Crippen LogP contribution < -0.4 is 0 Å². The van der Waals surface area contributed by atoms with Gasteiger partial charge in [-0.25, -0.2) is 4.79 Å². The van der Waals surface area contributed by atoms with E-state index in [1.54, 1.807) is 0 Å². The first-order valence-electron chi connectivity index (χ1n) is 12.9. The smallest absolute Gasteiger partial charge is 0.338 e. The summed E-state index contributed by atoms with van der Waals surface area (Å²) >= 11 is 0. The van der Waals surface area contributed by atoms with Crippen molar-refractivity contribution in [1.29, 1.82) is 0 Å². The maximum atomic E-state index is 12.6. The van der Waals surface area contributed by atoms with E-state index >= 15 is 0 Å². The van der Waals surface area contributed by atoms with Crippen LogP contribution in [0.15, 0.2) is 24.3 Å². The highest BCUT2D eigenvalue weighted by Crippen LogP contribution is 2.37. The number of carbonyl (C=O) groups is 2. The Labute approximate surface area is 195 Å². The van der Waals surface area contributed by atoms with Gasteiger partial charge in [0.05, 0.1) is 5.56 Å². The molecular weight excluding hydrogens is 396 g/mol. The van der Waals surface area contributed by atoms with E-state index in [4.69, 9.17) is 11.2 Å². The summed E-state index contributed by atoms with van der Waals surface area (Å²) in [6, 6.07) is 7.78. The van der Waals surface area contributed by atoms with Gasteiger partial charge in [-0.3, -0.25) is 4.79 Å². The highest BCUT2D eigenvalue weighted by Gasteiger charge is 2.24. The number of Topliss-reactive ketones (excluding diaryl/α,β-unsaturated/α-hetero) is 1. The normalized spacial score (nSPS) is 19.2. The highest BCUT2D eigenvalue weighted by atomic mass is 16.5. The molecule has 0 N–H and O–H groups in total. The third-order valence-corrected chi connectivity index (χ3v) is 6.93. The van der Waals surface area contributed by atoms with Gasteiger partial charge in [-0.05, 0) is 74.0 Å². The Morgan fingerprint density at radius 3 is 2.19 bits per heavy atom. The van der Waals surface area contributed by atoms with Gasteiger partial charge in [0.25, 0.3) is 0 Å². The number of ether oxygens (including phenoxy) is 1. The van der Waals surface area contributed by atoms with Crippen molar-refractivity contribution in [1.82, 2.24) is 0 Å². The van der Waals surface area contributed by atoms with E-state index in [9.17, 15) is 9.59 Å². The summed E-state index contributed by atoms with van der Waals surface area (Å²) in [5, 5.41) is 0. The van der Waals surface area contributed by atoms with Gasteiger partial charge in [-0.15, -0.1) is 6.42 Å². The molecule has 1 aliphatic carbocycles. The number of esters is 1. The first-order chi connectivity index (χ1) is 15.6. The molecule has 1 aromatic carbocycles. The molecule has 0 heterocycles. The van der Waals surface area contributed by atoms with Crippen molar-refractivity contribution in [3.05, 3.63) is 35.4 Å². The number of rotatable bonds is 14. The molecule has 1 aromatic rings. The summed E-state index contributed by atoms with van der Waals surface area (Å²) < 4.78 is 5.47. The molecule has 176 valence electrons. The third kappa shape index (κ3) is 8.81. The van der Waals surface area contributed by atoms with E-state index in [0.717, 1.165) is 25.2 Å². The van der Waals surface area contributed by atoms with E-state index in [-0.39, 0.29) is 0 Å². The van der Waals surface area contributed by atoms with E-state index in [1.807, 2.05) is 12.1 Å². The van der Waals surface area contributed by atoms with Gasteiger partial charge < -0.3 is 4.74 Å². The van der Waals surface area contributed by atoms with Crippen molar-refractivity contribution < 1.29 is 14.3 Å². The molecule has 1 unspecified atom stereocenters. The molecule has 0 amide bonds. The average Bonchev–Trinajstić information content (AvgIpc) is 2.83. The first kappa shape index (κ1) is 26.2. The minimum Gasteiger partial charge on any atom is -0.450 e. The van der Waals surface area contributed by atoms with Crippen LogP contribution in [0.25, 0.3) is 0 Å². The van der Waals surface area contributed by atoms with Crippen LogP contribution in [0.3, 0.4) is 0 Å². The number of ketones is 1. The lowest BCUT2D eigenvalue weighted by atomic mass is 9.77. The maximum Gasteiger partial charge on any atom is 0.338 e. The summed E-state index contributed by atoms with van der Waals surface area (Å²) in [7, 11) is 0. The lowest BCUT2D eigenvalue weighted by molar-refractivity contribution is -0.122. The van der Waals surface area contributed by atoms with Crippen LogP contribution in [-0.2, 0) is 9.53 Å². The van der Waals surface area contributed by atoms with Crippen LogP contribution in [0.4, 0.5) is 0 Å². The van der Waals surface area contributed by atoms with Crippen LogP contribution in [-0.4, -0.2) is 17.9 Å². The molecule has 0 bridgehead atoms. The number of unbranched alkanes of at least 4 members (excludes halogenated alkanes) is 6. The van der Waals surface area contributed by atoms with Gasteiger partial charge in [0.2, 0.25) is 5.78 Å². The van der Waals surface area contributed by atoms with Crippen LogP contribution in [0.5, 0.6) is 0 Å². The van der Waals surface area contributed by atoms with Crippen LogP contribution in [0.2, 0.25) is 0 Å². The first-order valence-corrected chi connectivity index (χ1v) is 12.9. The minimum absolute atomic E-state index is 0.451. The number of carbonyl (C=O) groups excluding carboxylic acids is 2. The fraction of sp³-hybridized carbons (Fsp3) is 0.655. The Hall–Kier alpha value is -2.08. The number of benzene rings is 1. The van der Waals surface area contributed by atoms with E-state index in [2.05, 4.69) is 31.9 Å². The standard InChI is InChI=1S/C29H42O3/c1-4-7-9-10-12-13-23-15-17-24(18-16-23)25-19-21-26(22-20-25)29(31)32-28(27(30)6-3)14-11-8-5-2/h3,19-24,28H,4-5,7-18H2,1-2H3. The predicted molar refractivity (Wildman–Crippen MR) is 132 cm³/mol. The Morgan fingerprint density at radius 2 is 1.56 bits per heavy atom. The van der Waals surface area contributed by atoms with E-state index < -0.39 is 17.9 Å².